The van der Waals surface area contributed by atoms with Crippen LogP contribution in [0.3, 0.4) is 0 Å². The number of benzene rings is 1. The van der Waals surface area contributed by atoms with Crippen LogP contribution in [0.4, 0.5) is 0 Å². The van der Waals surface area contributed by atoms with Gasteiger partial charge in [0.15, 0.2) is 0 Å². The van der Waals surface area contributed by atoms with Gasteiger partial charge in [-0.3, -0.25) is 13.5 Å². The highest BCUT2D eigenvalue weighted by molar-refractivity contribution is 7.13. The average molecular weight is 357 g/mol. The second-order valence-electron chi connectivity index (χ2n) is 5.82. The minimum absolute atomic E-state index is 0.00545. The van der Waals surface area contributed by atoms with Crippen LogP contribution in [0.15, 0.2) is 35.1 Å². The molecule has 0 atom stereocenters. The van der Waals surface area contributed by atoms with Gasteiger partial charge in [-0.15, -0.1) is 0 Å². The number of methoxy groups -OCH3 is 1. The number of pyridine rings is 1. The number of aromatic nitrogens is 2. The number of fused-ring (bicyclic) bond motifs is 1. The topological polar surface area (TPSA) is 73.2 Å². The fraction of sp³-hybridized carbons (Fsp3) is 0.278. The fourth-order valence-corrected chi connectivity index (χ4v) is 3.72. The molecule has 0 bridgehead atoms. The van der Waals surface area contributed by atoms with Crippen molar-refractivity contribution in [1.82, 2.24) is 14.3 Å². The number of rotatable bonds is 5. The lowest BCUT2D eigenvalue weighted by atomic mass is 10.2. The van der Waals surface area contributed by atoms with Gasteiger partial charge in [0.2, 0.25) is 5.91 Å². The largest absolute Gasteiger partial charge is 0.497 e. The van der Waals surface area contributed by atoms with Gasteiger partial charge < -0.3 is 10.1 Å². The summed E-state index contributed by atoms with van der Waals surface area (Å²) < 4.78 is 6.56. The highest BCUT2D eigenvalue weighted by Crippen LogP contribution is 2.19. The Bertz CT molecular complexity index is 974. The van der Waals surface area contributed by atoms with E-state index in [0.29, 0.717) is 16.8 Å². The van der Waals surface area contributed by atoms with Crippen LogP contribution < -0.4 is 15.6 Å². The molecular formula is C18H19N3O3S. The zero-order chi connectivity index (χ0) is 18.0. The van der Waals surface area contributed by atoms with Crippen LogP contribution in [0.5, 0.6) is 5.75 Å². The molecule has 1 amide bonds. The van der Waals surface area contributed by atoms with Crippen molar-refractivity contribution in [3.05, 3.63) is 57.5 Å². The maximum Gasteiger partial charge on any atom is 0.270 e. The lowest BCUT2D eigenvalue weighted by molar-refractivity contribution is -0.121. The summed E-state index contributed by atoms with van der Waals surface area (Å²) in [5.74, 6) is 0.559. The lowest BCUT2D eigenvalue weighted by Gasteiger charge is -2.06. The number of carbonyl (C=O) groups excluding carboxylic acids is 1. The van der Waals surface area contributed by atoms with Crippen molar-refractivity contribution in [2.24, 2.45) is 0 Å². The molecule has 0 saturated carbocycles. The van der Waals surface area contributed by atoms with Gasteiger partial charge in [0.25, 0.3) is 5.56 Å². The third-order valence-corrected chi connectivity index (χ3v) is 4.87. The van der Waals surface area contributed by atoms with Crippen molar-refractivity contribution in [2.45, 2.75) is 26.9 Å². The third-order valence-electron chi connectivity index (χ3n) is 3.88. The van der Waals surface area contributed by atoms with E-state index in [2.05, 4.69) is 10.3 Å². The van der Waals surface area contributed by atoms with Gasteiger partial charge in [-0.1, -0.05) is 12.1 Å². The zero-order valence-electron chi connectivity index (χ0n) is 14.3. The molecule has 0 aliphatic rings. The van der Waals surface area contributed by atoms with Gasteiger partial charge >= 0.3 is 0 Å². The van der Waals surface area contributed by atoms with E-state index in [9.17, 15) is 9.59 Å². The SMILES string of the molecule is COc1ccc(CNC(=O)Cn2sc3nc(C)cc(C)c3c2=O)cc1. The summed E-state index contributed by atoms with van der Waals surface area (Å²) in [5, 5.41) is 3.43. The molecule has 0 radical (unpaired) electrons. The smallest absolute Gasteiger partial charge is 0.270 e. The molecule has 2 heterocycles. The number of nitrogens with one attached hydrogen (secondary N) is 1. The molecule has 1 N–H and O–H groups in total. The molecule has 130 valence electrons. The molecule has 6 nitrogen and oxygen atoms in total. The van der Waals surface area contributed by atoms with E-state index in [0.717, 1.165) is 22.6 Å². The van der Waals surface area contributed by atoms with Crippen LogP contribution in [0.25, 0.3) is 10.2 Å². The van der Waals surface area contributed by atoms with E-state index < -0.39 is 0 Å². The number of ether oxygens (including phenoxy) is 1. The number of amides is 1. The summed E-state index contributed by atoms with van der Waals surface area (Å²) in [6, 6.07) is 9.34. The van der Waals surface area contributed by atoms with E-state index in [-0.39, 0.29) is 18.0 Å². The molecule has 0 aliphatic carbocycles. The Hall–Kier alpha value is -2.67. The van der Waals surface area contributed by atoms with Crippen LogP contribution in [0.1, 0.15) is 16.8 Å². The minimum atomic E-state index is -0.209. The monoisotopic (exact) mass is 357 g/mol. The van der Waals surface area contributed by atoms with Crippen molar-refractivity contribution in [3.63, 3.8) is 0 Å². The molecule has 1 aromatic carbocycles. The molecule has 25 heavy (non-hydrogen) atoms. The molecule has 3 aromatic rings. The van der Waals surface area contributed by atoms with Crippen LogP contribution in [-0.4, -0.2) is 22.0 Å². The minimum Gasteiger partial charge on any atom is -0.497 e. The summed E-state index contributed by atoms with van der Waals surface area (Å²) >= 11 is 1.22. The molecule has 0 fully saturated rings. The molecule has 2 aromatic heterocycles. The van der Waals surface area contributed by atoms with Crippen molar-refractivity contribution < 1.29 is 9.53 Å². The zero-order valence-corrected chi connectivity index (χ0v) is 15.1. The van der Waals surface area contributed by atoms with E-state index >= 15 is 0 Å². The maximum atomic E-state index is 12.5. The molecule has 0 spiro atoms. The first-order valence-corrected chi connectivity index (χ1v) is 8.63. The Morgan fingerprint density at radius 2 is 2.00 bits per heavy atom. The summed E-state index contributed by atoms with van der Waals surface area (Å²) in [7, 11) is 1.61. The second-order valence-corrected chi connectivity index (χ2v) is 6.83. The molecule has 0 saturated heterocycles. The fourth-order valence-electron chi connectivity index (χ4n) is 2.63. The van der Waals surface area contributed by atoms with Gasteiger partial charge in [-0.25, -0.2) is 4.98 Å². The quantitative estimate of drug-likeness (QED) is 0.761. The first-order valence-electron chi connectivity index (χ1n) is 7.85. The molecular weight excluding hydrogens is 338 g/mol. The Kier molecular flexibility index (Phi) is 4.85. The van der Waals surface area contributed by atoms with E-state index in [1.54, 1.807) is 7.11 Å². The van der Waals surface area contributed by atoms with Crippen LogP contribution in [0, 0.1) is 13.8 Å². The number of nitrogens with zero attached hydrogens (tertiary/aromatic N) is 2. The molecule has 3 rings (SSSR count). The highest BCUT2D eigenvalue weighted by atomic mass is 32.1. The predicted molar refractivity (Wildman–Crippen MR) is 98.2 cm³/mol. The first-order chi connectivity index (χ1) is 12.0. The predicted octanol–water partition coefficient (Wildman–Crippen LogP) is 2.40. The van der Waals surface area contributed by atoms with Crippen molar-refractivity contribution in [3.8, 4) is 5.75 Å². The molecule has 0 unspecified atom stereocenters. The van der Waals surface area contributed by atoms with Gasteiger partial charge in [-0.2, -0.15) is 0 Å². The number of aryl methyl sites for hydroxylation is 2. The number of carbonyl (C=O) groups is 1. The lowest BCUT2D eigenvalue weighted by Crippen LogP contribution is -2.29. The van der Waals surface area contributed by atoms with Crippen LogP contribution in [-0.2, 0) is 17.9 Å². The van der Waals surface area contributed by atoms with E-state index in [1.165, 1.54) is 15.5 Å². The summed E-state index contributed by atoms with van der Waals surface area (Å²) in [4.78, 5) is 29.7. The van der Waals surface area contributed by atoms with Crippen LogP contribution >= 0.6 is 11.5 Å². The van der Waals surface area contributed by atoms with Crippen molar-refractivity contribution in [1.29, 1.82) is 0 Å². The summed E-state index contributed by atoms with van der Waals surface area (Å²) in [5.41, 5.74) is 2.55. The Morgan fingerprint density at radius 1 is 1.28 bits per heavy atom. The second kappa shape index (κ2) is 7.06. The van der Waals surface area contributed by atoms with Crippen molar-refractivity contribution >= 4 is 27.7 Å². The maximum absolute atomic E-state index is 12.5. The van der Waals surface area contributed by atoms with Crippen LogP contribution in [0.2, 0.25) is 0 Å². The average Bonchev–Trinajstić information content (AvgIpc) is 2.89. The van der Waals surface area contributed by atoms with E-state index in [4.69, 9.17) is 4.74 Å². The Morgan fingerprint density at radius 3 is 2.68 bits per heavy atom. The third kappa shape index (κ3) is 3.71. The van der Waals surface area contributed by atoms with Gasteiger partial charge in [0.05, 0.1) is 12.5 Å². The van der Waals surface area contributed by atoms with E-state index in [1.807, 2.05) is 44.2 Å². The standard InChI is InChI=1S/C18H19N3O3S/c1-11-8-12(2)20-17-16(11)18(23)21(25-17)10-15(22)19-9-13-4-6-14(24-3)7-5-13/h4-8H,9-10H2,1-3H3,(H,19,22). The Balaban J connectivity index is 1.70. The summed E-state index contributed by atoms with van der Waals surface area (Å²) in [6.45, 7) is 4.18. The Labute approximate surface area is 149 Å². The highest BCUT2D eigenvalue weighted by Gasteiger charge is 2.14. The number of hydrogen-bond acceptors (Lipinski definition) is 5. The first kappa shape index (κ1) is 17.2. The van der Waals surface area contributed by atoms with Gasteiger partial charge in [0.1, 0.15) is 17.1 Å². The number of hydrogen-bond donors (Lipinski definition) is 1. The molecule has 7 heteroatoms. The molecule has 0 aliphatic heterocycles. The normalized spacial score (nSPS) is 10.8. The van der Waals surface area contributed by atoms with Gasteiger partial charge in [0, 0.05) is 12.2 Å². The summed E-state index contributed by atoms with van der Waals surface area (Å²) in [6.07, 6.45) is 0. The van der Waals surface area contributed by atoms with Gasteiger partial charge in [-0.05, 0) is 54.7 Å². The van der Waals surface area contributed by atoms with Crippen molar-refractivity contribution in [2.75, 3.05) is 7.11 Å².